The van der Waals surface area contributed by atoms with Crippen molar-refractivity contribution < 1.29 is 27.4 Å². The number of alkyl halides is 3. The Bertz CT molecular complexity index is 595. The molecule has 1 atom stereocenters. The molecule has 0 saturated heterocycles. The molecule has 26 heavy (non-hydrogen) atoms. The van der Waals surface area contributed by atoms with E-state index in [1.54, 1.807) is 12.1 Å². The minimum Gasteiger partial charge on any atom is -0.493 e. The van der Waals surface area contributed by atoms with Gasteiger partial charge < -0.3 is 20.5 Å². The first-order chi connectivity index (χ1) is 11.8. The number of hydrogen-bond acceptors (Lipinski definition) is 4. The number of benzene rings is 1. The number of methoxy groups -OCH3 is 1. The summed E-state index contributed by atoms with van der Waals surface area (Å²) in [5.41, 5.74) is 6.70. The van der Waals surface area contributed by atoms with Crippen LogP contribution in [0.3, 0.4) is 0 Å². The van der Waals surface area contributed by atoms with Crippen molar-refractivity contribution in [1.82, 2.24) is 5.32 Å². The number of ether oxygens (including phenoxy) is 2. The van der Waals surface area contributed by atoms with Crippen LogP contribution in [0.5, 0.6) is 11.5 Å². The molecule has 9 heteroatoms. The molecule has 1 amide bonds. The fourth-order valence-corrected chi connectivity index (χ4v) is 2.42. The van der Waals surface area contributed by atoms with Gasteiger partial charge in [0.15, 0.2) is 18.1 Å². The summed E-state index contributed by atoms with van der Waals surface area (Å²) in [6.45, 7) is -0.913. The van der Waals surface area contributed by atoms with Gasteiger partial charge in [-0.15, -0.1) is 12.4 Å². The van der Waals surface area contributed by atoms with E-state index in [0.717, 1.165) is 18.4 Å². The van der Waals surface area contributed by atoms with Crippen molar-refractivity contribution >= 4 is 18.3 Å². The monoisotopic (exact) mass is 396 g/mol. The van der Waals surface area contributed by atoms with E-state index in [1.807, 2.05) is 0 Å². The first-order valence-electron chi connectivity index (χ1n) is 8.17. The highest BCUT2D eigenvalue weighted by Gasteiger charge is 2.29. The van der Waals surface area contributed by atoms with E-state index < -0.39 is 12.8 Å². The summed E-state index contributed by atoms with van der Waals surface area (Å²) in [5.74, 6) is 0.641. The average Bonchev–Trinajstić information content (AvgIpc) is 3.40. The van der Waals surface area contributed by atoms with E-state index in [1.165, 1.54) is 13.2 Å². The maximum Gasteiger partial charge on any atom is 0.422 e. The highest BCUT2D eigenvalue weighted by molar-refractivity contribution is 5.85. The van der Waals surface area contributed by atoms with Crippen LogP contribution in [0.1, 0.15) is 24.8 Å². The zero-order valence-electron chi connectivity index (χ0n) is 14.5. The predicted octanol–water partition coefficient (Wildman–Crippen LogP) is 2.84. The molecule has 1 unspecified atom stereocenters. The molecule has 0 aromatic heterocycles. The maximum absolute atomic E-state index is 12.2. The molecule has 1 saturated carbocycles. The van der Waals surface area contributed by atoms with Crippen molar-refractivity contribution in [2.24, 2.45) is 11.7 Å². The number of amides is 1. The lowest BCUT2D eigenvalue weighted by Crippen LogP contribution is -2.38. The van der Waals surface area contributed by atoms with Gasteiger partial charge in [-0.25, -0.2) is 0 Å². The second-order valence-electron chi connectivity index (χ2n) is 6.19. The summed E-state index contributed by atoms with van der Waals surface area (Å²) in [4.78, 5) is 11.9. The molecular formula is C17H24ClF3N2O3. The van der Waals surface area contributed by atoms with Gasteiger partial charge in [0.1, 0.15) is 0 Å². The highest BCUT2D eigenvalue weighted by Crippen LogP contribution is 2.31. The molecule has 0 spiro atoms. The van der Waals surface area contributed by atoms with Crippen molar-refractivity contribution in [2.45, 2.75) is 37.9 Å². The Balaban J connectivity index is 0.00000338. The SMILES string of the molecule is COc1cc(CCC(=O)NCC(N)C2CC2)ccc1OCC(F)(F)F.Cl. The third-order valence-corrected chi connectivity index (χ3v) is 4.02. The van der Waals surface area contributed by atoms with Crippen LogP contribution in [0.25, 0.3) is 0 Å². The largest absolute Gasteiger partial charge is 0.493 e. The number of rotatable bonds is 9. The number of nitrogens with two attached hydrogens (primary N) is 1. The van der Waals surface area contributed by atoms with E-state index in [0.29, 0.717) is 18.9 Å². The third-order valence-electron chi connectivity index (χ3n) is 4.02. The number of hydrogen-bond donors (Lipinski definition) is 2. The van der Waals surface area contributed by atoms with Crippen molar-refractivity contribution in [1.29, 1.82) is 0 Å². The standard InChI is InChI=1S/C17H23F3N2O3.ClH/c1-24-15-8-11(2-6-14(15)25-10-17(18,19)20)3-7-16(23)22-9-13(21)12-4-5-12;/h2,6,8,12-13H,3-5,7,9-10,21H2,1H3,(H,22,23);1H. The zero-order valence-corrected chi connectivity index (χ0v) is 15.3. The summed E-state index contributed by atoms with van der Waals surface area (Å²) in [5, 5.41) is 2.81. The van der Waals surface area contributed by atoms with E-state index in [9.17, 15) is 18.0 Å². The minimum atomic E-state index is -4.41. The Morgan fingerprint density at radius 3 is 2.62 bits per heavy atom. The first kappa shape index (κ1) is 22.4. The van der Waals surface area contributed by atoms with Gasteiger partial charge in [0.05, 0.1) is 7.11 Å². The summed E-state index contributed by atoms with van der Waals surface area (Å²) in [6.07, 6.45) is -1.45. The molecule has 1 aliphatic carbocycles. The van der Waals surface area contributed by atoms with Crippen molar-refractivity contribution in [3.63, 3.8) is 0 Å². The van der Waals surface area contributed by atoms with Gasteiger partial charge >= 0.3 is 6.18 Å². The van der Waals surface area contributed by atoms with E-state index in [-0.39, 0.29) is 42.3 Å². The molecule has 1 aromatic carbocycles. The molecule has 2 rings (SSSR count). The molecule has 148 valence electrons. The smallest absolute Gasteiger partial charge is 0.422 e. The second kappa shape index (κ2) is 9.87. The highest BCUT2D eigenvalue weighted by atomic mass is 35.5. The van der Waals surface area contributed by atoms with Crippen LogP contribution >= 0.6 is 12.4 Å². The molecule has 1 aromatic rings. The van der Waals surface area contributed by atoms with Gasteiger partial charge in [0.2, 0.25) is 5.91 Å². The molecule has 1 fully saturated rings. The van der Waals surface area contributed by atoms with Gasteiger partial charge in [-0.05, 0) is 42.9 Å². The topological polar surface area (TPSA) is 73.6 Å². The Morgan fingerprint density at radius 1 is 1.35 bits per heavy atom. The summed E-state index contributed by atoms with van der Waals surface area (Å²) >= 11 is 0. The van der Waals surface area contributed by atoms with Crippen LogP contribution in [0, 0.1) is 5.92 Å². The molecule has 1 aliphatic rings. The normalized spacial score (nSPS) is 15.0. The lowest BCUT2D eigenvalue weighted by atomic mass is 10.1. The number of halogens is 4. The van der Waals surface area contributed by atoms with Crippen molar-refractivity contribution in [3.05, 3.63) is 23.8 Å². The number of aryl methyl sites for hydroxylation is 1. The van der Waals surface area contributed by atoms with Gasteiger partial charge in [-0.2, -0.15) is 13.2 Å². The molecule has 5 nitrogen and oxygen atoms in total. The number of carbonyl (C=O) groups is 1. The van der Waals surface area contributed by atoms with Crippen molar-refractivity contribution in [2.75, 3.05) is 20.3 Å². The van der Waals surface area contributed by atoms with Crippen LogP contribution in [0.2, 0.25) is 0 Å². The van der Waals surface area contributed by atoms with E-state index >= 15 is 0 Å². The molecule has 0 bridgehead atoms. The van der Waals surface area contributed by atoms with Crippen LogP contribution < -0.4 is 20.5 Å². The Morgan fingerprint density at radius 2 is 2.04 bits per heavy atom. The van der Waals surface area contributed by atoms with E-state index in [2.05, 4.69) is 5.32 Å². The Labute approximate surface area is 156 Å². The Kier molecular flexibility index (Phi) is 8.49. The van der Waals surface area contributed by atoms with Crippen LogP contribution in [-0.2, 0) is 11.2 Å². The fraction of sp³-hybridized carbons (Fsp3) is 0.588. The van der Waals surface area contributed by atoms with Gasteiger partial charge in [0.25, 0.3) is 0 Å². The maximum atomic E-state index is 12.2. The van der Waals surface area contributed by atoms with Gasteiger partial charge in [0, 0.05) is 19.0 Å². The van der Waals surface area contributed by atoms with Crippen molar-refractivity contribution in [3.8, 4) is 11.5 Å². The molecule has 3 N–H and O–H groups in total. The molecule has 0 aliphatic heterocycles. The molecular weight excluding hydrogens is 373 g/mol. The molecule has 0 radical (unpaired) electrons. The second-order valence-corrected chi connectivity index (χ2v) is 6.19. The van der Waals surface area contributed by atoms with Gasteiger partial charge in [-0.1, -0.05) is 6.07 Å². The average molecular weight is 397 g/mol. The third kappa shape index (κ3) is 7.70. The zero-order chi connectivity index (χ0) is 18.4. The summed E-state index contributed by atoms with van der Waals surface area (Å²) in [7, 11) is 1.35. The summed E-state index contributed by atoms with van der Waals surface area (Å²) in [6, 6.07) is 4.63. The predicted molar refractivity (Wildman–Crippen MR) is 93.8 cm³/mol. The first-order valence-corrected chi connectivity index (χ1v) is 8.17. The number of nitrogens with one attached hydrogen (secondary N) is 1. The van der Waals surface area contributed by atoms with Crippen LogP contribution in [0.15, 0.2) is 18.2 Å². The number of carbonyl (C=O) groups excluding carboxylic acids is 1. The van der Waals surface area contributed by atoms with E-state index in [4.69, 9.17) is 15.2 Å². The fourth-order valence-electron chi connectivity index (χ4n) is 2.42. The summed E-state index contributed by atoms with van der Waals surface area (Å²) < 4.78 is 46.5. The Hall–Kier alpha value is -1.67. The lowest BCUT2D eigenvalue weighted by molar-refractivity contribution is -0.153. The lowest BCUT2D eigenvalue weighted by Gasteiger charge is -2.14. The van der Waals surface area contributed by atoms with Crippen LogP contribution in [0.4, 0.5) is 13.2 Å². The molecule has 0 heterocycles. The quantitative estimate of drug-likeness (QED) is 0.673. The van der Waals surface area contributed by atoms with Crippen LogP contribution in [-0.4, -0.2) is 38.4 Å². The minimum absolute atomic E-state index is 0. The van der Waals surface area contributed by atoms with Gasteiger partial charge in [-0.3, -0.25) is 4.79 Å².